The van der Waals surface area contributed by atoms with E-state index in [0.29, 0.717) is 30.8 Å². The average Bonchev–Trinajstić information content (AvgIpc) is 2.93. The Labute approximate surface area is 156 Å². The number of aliphatic imine (C=N–C) groups is 1. The summed E-state index contributed by atoms with van der Waals surface area (Å²) >= 11 is 0. The topological polar surface area (TPSA) is 84.6 Å². The summed E-state index contributed by atoms with van der Waals surface area (Å²) in [5.41, 5.74) is 0. The molecule has 1 rings (SSSR count). The minimum absolute atomic E-state index is 0. The molecule has 0 radical (unpaired) electrons. The molecule has 0 fully saturated rings. The first kappa shape index (κ1) is 22.1. The first-order valence-corrected chi connectivity index (χ1v) is 8.03. The SMILES string of the molecule is CCNC(=NCc1nc(C(C)OCC)no1)NCCC(C)C.I. The second-order valence-corrected chi connectivity index (χ2v) is 5.45. The van der Waals surface area contributed by atoms with E-state index < -0.39 is 0 Å². The second-order valence-electron chi connectivity index (χ2n) is 5.45. The highest BCUT2D eigenvalue weighted by atomic mass is 127. The van der Waals surface area contributed by atoms with Gasteiger partial charge in [-0.25, -0.2) is 4.99 Å². The van der Waals surface area contributed by atoms with Gasteiger partial charge in [-0.2, -0.15) is 4.98 Å². The van der Waals surface area contributed by atoms with Crippen molar-refractivity contribution < 1.29 is 9.26 Å². The number of hydrogen-bond acceptors (Lipinski definition) is 5. The maximum absolute atomic E-state index is 5.44. The van der Waals surface area contributed by atoms with Gasteiger partial charge in [0.2, 0.25) is 5.89 Å². The van der Waals surface area contributed by atoms with Gasteiger partial charge in [0.15, 0.2) is 11.8 Å². The highest BCUT2D eigenvalue weighted by Crippen LogP contribution is 2.12. The Morgan fingerprint density at radius 3 is 2.61 bits per heavy atom. The van der Waals surface area contributed by atoms with Crippen molar-refractivity contribution in [1.29, 1.82) is 0 Å². The molecule has 1 heterocycles. The second kappa shape index (κ2) is 12.5. The molecule has 1 unspecified atom stereocenters. The Morgan fingerprint density at radius 2 is 2.00 bits per heavy atom. The van der Waals surface area contributed by atoms with Crippen LogP contribution in [0.2, 0.25) is 0 Å². The molecule has 0 saturated carbocycles. The van der Waals surface area contributed by atoms with Gasteiger partial charge < -0.3 is 19.9 Å². The lowest BCUT2D eigenvalue weighted by atomic mass is 10.1. The molecule has 0 spiro atoms. The van der Waals surface area contributed by atoms with Gasteiger partial charge in [-0.15, -0.1) is 24.0 Å². The molecule has 1 aromatic heterocycles. The molecule has 134 valence electrons. The Kier molecular flexibility index (Phi) is 12.0. The predicted octanol–water partition coefficient (Wildman–Crippen LogP) is 2.89. The van der Waals surface area contributed by atoms with Crippen LogP contribution in [0.3, 0.4) is 0 Å². The third-order valence-electron chi connectivity index (χ3n) is 2.99. The number of aromatic nitrogens is 2. The summed E-state index contributed by atoms with van der Waals surface area (Å²) in [7, 11) is 0. The Morgan fingerprint density at radius 1 is 1.26 bits per heavy atom. The highest BCUT2D eigenvalue weighted by Gasteiger charge is 2.13. The zero-order chi connectivity index (χ0) is 16.4. The molecule has 0 aromatic carbocycles. The Balaban J connectivity index is 0.00000484. The fraction of sp³-hybridized carbons (Fsp3) is 0.800. The maximum Gasteiger partial charge on any atom is 0.248 e. The van der Waals surface area contributed by atoms with E-state index in [1.807, 2.05) is 20.8 Å². The van der Waals surface area contributed by atoms with E-state index in [-0.39, 0.29) is 30.1 Å². The number of ether oxygens (including phenoxy) is 1. The van der Waals surface area contributed by atoms with Crippen molar-refractivity contribution in [3.8, 4) is 0 Å². The molecule has 7 nitrogen and oxygen atoms in total. The molecular formula is C15H30IN5O2. The Hall–Kier alpha value is -0.900. The third kappa shape index (κ3) is 9.09. The maximum atomic E-state index is 5.44. The van der Waals surface area contributed by atoms with Crippen molar-refractivity contribution >= 4 is 29.9 Å². The smallest absolute Gasteiger partial charge is 0.248 e. The van der Waals surface area contributed by atoms with Crippen LogP contribution in [-0.2, 0) is 11.3 Å². The number of hydrogen-bond donors (Lipinski definition) is 2. The van der Waals surface area contributed by atoms with Gasteiger partial charge in [-0.1, -0.05) is 19.0 Å². The molecular weight excluding hydrogens is 409 g/mol. The molecule has 8 heteroatoms. The molecule has 0 aliphatic rings. The van der Waals surface area contributed by atoms with Crippen LogP contribution in [0, 0.1) is 5.92 Å². The standard InChI is InChI=1S/C15H29N5O2.HI/c1-6-16-15(17-9-8-11(3)4)18-10-13-19-14(20-22-13)12(5)21-7-2;/h11-12H,6-10H2,1-5H3,(H2,16,17,18);1H. The van der Waals surface area contributed by atoms with E-state index in [2.05, 4.69) is 39.6 Å². The van der Waals surface area contributed by atoms with Crippen molar-refractivity contribution in [1.82, 2.24) is 20.8 Å². The van der Waals surface area contributed by atoms with E-state index >= 15 is 0 Å². The molecule has 0 saturated heterocycles. The molecule has 1 atom stereocenters. The number of rotatable bonds is 9. The van der Waals surface area contributed by atoms with E-state index in [1.165, 1.54) is 0 Å². The van der Waals surface area contributed by atoms with Gasteiger partial charge in [-0.05, 0) is 33.1 Å². The summed E-state index contributed by atoms with van der Waals surface area (Å²) in [6.45, 7) is 12.9. The predicted molar refractivity (Wildman–Crippen MR) is 102 cm³/mol. The fourth-order valence-electron chi connectivity index (χ4n) is 1.79. The first-order chi connectivity index (χ1) is 10.6. The largest absolute Gasteiger partial charge is 0.371 e. The molecule has 0 bridgehead atoms. The lowest BCUT2D eigenvalue weighted by Crippen LogP contribution is -2.38. The highest BCUT2D eigenvalue weighted by molar-refractivity contribution is 14.0. The number of halogens is 1. The van der Waals surface area contributed by atoms with Crippen LogP contribution in [0.1, 0.15) is 58.9 Å². The van der Waals surface area contributed by atoms with Gasteiger partial charge in [-0.3, -0.25) is 0 Å². The van der Waals surface area contributed by atoms with E-state index in [4.69, 9.17) is 9.26 Å². The molecule has 23 heavy (non-hydrogen) atoms. The summed E-state index contributed by atoms with van der Waals surface area (Å²) in [5.74, 6) is 2.47. The molecule has 1 aromatic rings. The van der Waals surface area contributed by atoms with Crippen LogP contribution in [-0.4, -0.2) is 35.8 Å². The quantitative estimate of drug-likeness (QED) is 0.350. The van der Waals surface area contributed by atoms with Crippen molar-refractivity contribution in [3.63, 3.8) is 0 Å². The van der Waals surface area contributed by atoms with E-state index in [0.717, 1.165) is 25.5 Å². The molecule has 2 N–H and O–H groups in total. The minimum Gasteiger partial charge on any atom is -0.371 e. The van der Waals surface area contributed by atoms with Crippen molar-refractivity contribution in [2.45, 2.75) is 53.7 Å². The fourth-order valence-corrected chi connectivity index (χ4v) is 1.79. The summed E-state index contributed by atoms with van der Waals surface area (Å²) in [5, 5.41) is 10.4. The van der Waals surface area contributed by atoms with Crippen molar-refractivity contribution in [2.24, 2.45) is 10.9 Å². The lowest BCUT2D eigenvalue weighted by Gasteiger charge is -2.11. The zero-order valence-corrected chi connectivity index (χ0v) is 17.1. The first-order valence-electron chi connectivity index (χ1n) is 8.03. The van der Waals surface area contributed by atoms with E-state index in [9.17, 15) is 0 Å². The summed E-state index contributed by atoms with van der Waals surface area (Å²) in [6.07, 6.45) is 0.935. The minimum atomic E-state index is -0.163. The summed E-state index contributed by atoms with van der Waals surface area (Å²) in [6, 6.07) is 0. The third-order valence-corrected chi connectivity index (χ3v) is 2.99. The summed E-state index contributed by atoms with van der Waals surface area (Å²) in [4.78, 5) is 8.76. The number of nitrogens with one attached hydrogen (secondary N) is 2. The van der Waals surface area contributed by atoms with E-state index in [1.54, 1.807) is 0 Å². The van der Waals surface area contributed by atoms with Crippen LogP contribution >= 0.6 is 24.0 Å². The summed E-state index contributed by atoms with van der Waals surface area (Å²) < 4.78 is 10.6. The lowest BCUT2D eigenvalue weighted by molar-refractivity contribution is 0.0683. The van der Waals surface area contributed by atoms with Gasteiger partial charge in [0.1, 0.15) is 12.6 Å². The number of guanidine groups is 1. The molecule has 0 amide bonds. The van der Waals surface area contributed by atoms with Crippen LogP contribution in [0.4, 0.5) is 0 Å². The Bertz CT molecular complexity index is 451. The van der Waals surface area contributed by atoms with Gasteiger partial charge in [0.05, 0.1) is 0 Å². The van der Waals surface area contributed by atoms with Gasteiger partial charge >= 0.3 is 0 Å². The monoisotopic (exact) mass is 439 g/mol. The van der Waals surface area contributed by atoms with Crippen LogP contribution in [0.5, 0.6) is 0 Å². The number of nitrogens with zero attached hydrogens (tertiary/aromatic N) is 3. The van der Waals surface area contributed by atoms with Crippen LogP contribution in [0.25, 0.3) is 0 Å². The zero-order valence-electron chi connectivity index (χ0n) is 14.8. The van der Waals surface area contributed by atoms with Crippen LogP contribution in [0.15, 0.2) is 9.52 Å². The molecule has 0 aliphatic carbocycles. The van der Waals surface area contributed by atoms with Crippen molar-refractivity contribution in [3.05, 3.63) is 11.7 Å². The van der Waals surface area contributed by atoms with Gasteiger partial charge in [0, 0.05) is 19.7 Å². The molecule has 0 aliphatic heterocycles. The average molecular weight is 439 g/mol. The van der Waals surface area contributed by atoms with Crippen LogP contribution < -0.4 is 10.6 Å². The normalized spacial score (nSPS) is 12.9. The van der Waals surface area contributed by atoms with Gasteiger partial charge in [0.25, 0.3) is 0 Å². The van der Waals surface area contributed by atoms with Crippen molar-refractivity contribution in [2.75, 3.05) is 19.7 Å².